The summed E-state index contributed by atoms with van der Waals surface area (Å²) in [5.41, 5.74) is 0. The number of hydrogen-bond donors (Lipinski definition) is 1. The number of carbonyl (C=O) groups excluding carboxylic acids is 1. The van der Waals surface area contributed by atoms with Gasteiger partial charge in [0.15, 0.2) is 0 Å². The van der Waals surface area contributed by atoms with E-state index in [4.69, 9.17) is 9.15 Å². The lowest BCUT2D eigenvalue weighted by atomic mass is 9.97. The summed E-state index contributed by atoms with van der Waals surface area (Å²) in [7, 11) is 1.32. The van der Waals surface area contributed by atoms with Crippen LogP contribution < -0.4 is 0 Å². The fourth-order valence-electron chi connectivity index (χ4n) is 2.14. The number of aliphatic hydroxyl groups is 1. The molecule has 4 nitrogen and oxygen atoms in total. The first kappa shape index (κ1) is 15.7. The van der Waals surface area contributed by atoms with Gasteiger partial charge in [0.2, 0.25) is 0 Å². The van der Waals surface area contributed by atoms with Gasteiger partial charge >= 0.3 is 5.97 Å². The first-order valence-electron chi connectivity index (χ1n) is 6.64. The zero-order valence-corrected chi connectivity index (χ0v) is 12.7. The lowest BCUT2D eigenvalue weighted by Gasteiger charge is -2.24. The molecule has 2 aromatic rings. The largest absolute Gasteiger partial charge is 0.469 e. The van der Waals surface area contributed by atoms with Gasteiger partial charge in [0.1, 0.15) is 17.8 Å². The molecular formula is C16H18O4S. The average molecular weight is 306 g/mol. The van der Waals surface area contributed by atoms with Crippen LogP contribution in [-0.4, -0.2) is 23.4 Å². The maximum Gasteiger partial charge on any atom is 0.312 e. The quantitative estimate of drug-likeness (QED) is 0.655. The third-order valence-electron chi connectivity index (χ3n) is 3.22. The Morgan fingerprint density at radius 3 is 2.52 bits per heavy atom. The summed E-state index contributed by atoms with van der Waals surface area (Å²) in [6, 6.07) is 13.1. The van der Waals surface area contributed by atoms with Crippen LogP contribution in [0.2, 0.25) is 0 Å². The standard InChI is InChI=1S/C16H18O4S/c1-11(21-12-7-4-3-5-8-12)14(16(18)19-2)15(17)13-9-6-10-20-13/h3-11,14-15,17H,1-2H3/t11-,14+,15?/m0/s1. The van der Waals surface area contributed by atoms with Crippen molar-refractivity contribution in [2.24, 2.45) is 5.92 Å². The Hall–Kier alpha value is -1.72. The molecule has 0 saturated carbocycles. The van der Waals surface area contributed by atoms with Crippen LogP contribution in [0.4, 0.5) is 0 Å². The highest BCUT2D eigenvalue weighted by Gasteiger charge is 2.36. The highest BCUT2D eigenvalue weighted by atomic mass is 32.2. The Morgan fingerprint density at radius 2 is 1.95 bits per heavy atom. The Labute approximate surface area is 128 Å². The molecule has 3 atom stereocenters. The zero-order valence-electron chi connectivity index (χ0n) is 11.9. The number of furan rings is 1. The summed E-state index contributed by atoms with van der Waals surface area (Å²) in [6.45, 7) is 1.89. The summed E-state index contributed by atoms with van der Waals surface area (Å²) in [6.07, 6.45) is 0.445. The van der Waals surface area contributed by atoms with E-state index >= 15 is 0 Å². The van der Waals surface area contributed by atoms with E-state index in [2.05, 4.69) is 0 Å². The highest BCUT2D eigenvalue weighted by Crippen LogP contribution is 2.35. The van der Waals surface area contributed by atoms with E-state index in [1.165, 1.54) is 25.1 Å². The van der Waals surface area contributed by atoms with E-state index in [9.17, 15) is 9.90 Å². The van der Waals surface area contributed by atoms with Gasteiger partial charge in [0.05, 0.1) is 13.4 Å². The van der Waals surface area contributed by atoms with Crippen molar-refractivity contribution in [2.45, 2.75) is 23.2 Å². The molecule has 0 fully saturated rings. The number of ether oxygens (including phenoxy) is 1. The molecule has 112 valence electrons. The Bertz CT molecular complexity index is 553. The maximum atomic E-state index is 12.0. The summed E-state index contributed by atoms with van der Waals surface area (Å²) in [5.74, 6) is -0.785. The second-order valence-corrected chi connectivity index (χ2v) is 6.10. The van der Waals surface area contributed by atoms with Crippen molar-refractivity contribution in [3.8, 4) is 0 Å². The molecule has 0 aliphatic heterocycles. The summed E-state index contributed by atoms with van der Waals surface area (Å²) in [4.78, 5) is 13.1. The van der Waals surface area contributed by atoms with Crippen LogP contribution in [0.15, 0.2) is 58.0 Å². The molecule has 0 aliphatic carbocycles. The van der Waals surface area contributed by atoms with Gasteiger partial charge in [-0.3, -0.25) is 4.79 Å². The van der Waals surface area contributed by atoms with E-state index < -0.39 is 18.0 Å². The minimum atomic E-state index is -1.03. The van der Waals surface area contributed by atoms with Crippen molar-refractivity contribution in [2.75, 3.05) is 7.11 Å². The summed E-state index contributed by atoms with van der Waals surface area (Å²) in [5, 5.41) is 10.2. The number of thioether (sulfide) groups is 1. The van der Waals surface area contributed by atoms with Gasteiger partial charge in [-0.15, -0.1) is 11.8 Å². The Kier molecular flexibility index (Phi) is 5.47. The van der Waals surface area contributed by atoms with E-state index in [0.717, 1.165) is 4.90 Å². The van der Waals surface area contributed by atoms with Gasteiger partial charge in [0.25, 0.3) is 0 Å². The molecule has 5 heteroatoms. The SMILES string of the molecule is COC(=O)[C@@H](C(O)c1ccco1)[C@H](C)Sc1ccccc1. The second kappa shape index (κ2) is 7.33. The van der Waals surface area contributed by atoms with E-state index in [1.54, 1.807) is 12.1 Å². The van der Waals surface area contributed by atoms with Crippen molar-refractivity contribution in [1.29, 1.82) is 0 Å². The Balaban J connectivity index is 2.17. The molecule has 1 aromatic carbocycles. The number of methoxy groups -OCH3 is 1. The highest BCUT2D eigenvalue weighted by molar-refractivity contribution is 8.00. The molecule has 0 bridgehead atoms. The second-order valence-electron chi connectivity index (χ2n) is 4.65. The van der Waals surface area contributed by atoms with Crippen LogP contribution in [0.25, 0.3) is 0 Å². The lowest BCUT2D eigenvalue weighted by Crippen LogP contribution is -2.31. The number of benzene rings is 1. The molecule has 1 aromatic heterocycles. The molecule has 0 saturated heterocycles. The van der Waals surface area contributed by atoms with Crippen molar-refractivity contribution in [3.05, 3.63) is 54.5 Å². The summed E-state index contributed by atoms with van der Waals surface area (Å²) < 4.78 is 10.0. The fraction of sp³-hybridized carbons (Fsp3) is 0.312. The van der Waals surface area contributed by atoms with Crippen molar-refractivity contribution in [3.63, 3.8) is 0 Å². The predicted molar refractivity (Wildman–Crippen MR) is 80.9 cm³/mol. The average Bonchev–Trinajstić information content (AvgIpc) is 3.02. The number of hydrogen-bond acceptors (Lipinski definition) is 5. The molecule has 0 spiro atoms. The van der Waals surface area contributed by atoms with Crippen molar-refractivity contribution in [1.82, 2.24) is 0 Å². The number of carbonyl (C=O) groups is 1. The summed E-state index contributed by atoms with van der Waals surface area (Å²) >= 11 is 1.52. The first-order valence-corrected chi connectivity index (χ1v) is 7.52. The van der Waals surface area contributed by atoms with Gasteiger partial charge in [-0.1, -0.05) is 25.1 Å². The van der Waals surface area contributed by atoms with Gasteiger partial charge in [-0.2, -0.15) is 0 Å². The lowest BCUT2D eigenvalue weighted by molar-refractivity contribution is -0.150. The third-order valence-corrected chi connectivity index (χ3v) is 4.43. The number of aliphatic hydroxyl groups excluding tert-OH is 1. The van der Waals surface area contributed by atoms with Crippen LogP contribution in [0, 0.1) is 5.92 Å². The molecule has 0 radical (unpaired) electrons. The first-order chi connectivity index (χ1) is 10.1. The van der Waals surface area contributed by atoms with Gasteiger partial charge in [-0.25, -0.2) is 0 Å². The molecule has 1 unspecified atom stereocenters. The van der Waals surface area contributed by atoms with Crippen LogP contribution in [0.1, 0.15) is 18.8 Å². The van der Waals surface area contributed by atoms with Crippen molar-refractivity contribution < 1.29 is 19.1 Å². The molecule has 21 heavy (non-hydrogen) atoms. The zero-order chi connectivity index (χ0) is 15.2. The van der Waals surface area contributed by atoms with Gasteiger partial charge in [0, 0.05) is 10.1 Å². The predicted octanol–water partition coefficient (Wildman–Crippen LogP) is 3.28. The van der Waals surface area contributed by atoms with Crippen molar-refractivity contribution >= 4 is 17.7 Å². The van der Waals surface area contributed by atoms with E-state index in [-0.39, 0.29) is 5.25 Å². The third kappa shape index (κ3) is 3.89. The van der Waals surface area contributed by atoms with E-state index in [1.807, 2.05) is 37.3 Å². The Morgan fingerprint density at radius 1 is 1.24 bits per heavy atom. The molecular weight excluding hydrogens is 288 g/mol. The number of rotatable bonds is 6. The maximum absolute atomic E-state index is 12.0. The van der Waals surface area contributed by atoms with Crippen LogP contribution >= 0.6 is 11.8 Å². The van der Waals surface area contributed by atoms with Crippen LogP contribution in [0.5, 0.6) is 0 Å². The fourth-order valence-corrected chi connectivity index (χ4v) is 3.29. The minimum Gasteiger partial charge on any atom is -0.469 e. The smallest absolute Gasteiger partial charge is 0.312 e. The minimum absolute atomic E-state index is 0.167. The van der Waals surface area contributed by atoms with Gasteiger partial charge < -0.3 is 14.3 Å². The van der Waals surface area contributed by atoms with E-state index in [0.29, 0.717) is 5.76 Å². The van der Waals surface area contributed by atoms with Crippen LogP contribution in [0.3, 0.4) is 0 Å². The van der Waals surface area contributed by atoms with Crippen LogP contribution in [-0.2, 0) is 9.53 Å². The topological polar surface area (TPSA) is 59.7 Å². The molecule has 1 N–H and O–H groups in total. The molecule has 2 rings (SSSR count). The molecule has 1 heterocycles. The molecule has 0 aliphatic rings. The molecule has 0 amide bonds. The monoisotopic (exact) mass is 306 g/mol. The number of esters is 1. The normalized spacial score (nSPS) is 15.2. The van der Waals surface area contributed by atoms with Gasteiger partial charge in [-0.05, 0) is 24.3 Å².